The van der Waals surface area contributed by atoms with Gasteiger partial charge in [-0.1, -0.05) is 19.0 Å². The summed E-state index contributed by atoms with van der Waals surface area (Å²) in [5, 5.41) is 7.18. The maximum Gasteiger partial charge on any atom is 0.317 e. The van der Waals surface area contributed by atoms with Gasteiger partial charge < -0.3 is 14.7 Å². The number of aromatic nitrogens is 1. The molecule has 2 amide bonds. The third-order valence-electron chi connectivity index (χ3n) is 4.58. The van der Waals surface area contributed by atoms with Crippen LogP contribution < -0.4 is 5.32 Å². The van der Waals surface area contributed by atoms with Crippen molar-refractivity contribution >= 4 is 6.03 Å². The van der Waals surface area contributed by atoms with Crippen LogP contribution in [-0.4, -0.2) is 54.2 Å². The number of rotatable bonds is 4. The summed E-state index contributed by atoms with van der Waals surface area (Å²) < 4.78 is 5.25. The highest BCUT2D eigenvalue weighted by Crippen LogP contribution is 2.27. The van der Waals surface area contributed by atoms with Crippen molar-refractivity contribution in [1.82, 2.24) is 20.3 Å². The van der Waals surface area contributed by atoms with Crippen LogP contribution in [0.3, 0.4) is 0 Å². The zero-order chi connectivity index (χ0) is 16.4. The minimum absolute atomic E-state index is 0.0187. The molecule has 1 aliphatic rings. The Labute approximate surface area is 132 Å². The number of nitrogens with one attached hydrogen (secondary N) is 1. The predicted molar refractivity (Wildman–Crippen MR) is 85.6 cm³/mol. The van der Waals surface area contributed by atoms with E-state index >= 15 is 0 Å². The summed E-state index contributed by atoms with van der Waals surface area (Å²) in [6, 6.07) is 0.171. The largest absolute Gasteiger partial charge is 0.361 e. The third-order valence-corrected chi connectivity index (χ3v) is 4.58. The molecule has 0 aliphatic carbocycles. The van der Waals surface area contributed by atoms with Gasteiger partial charge in [-0.15, -0.1) is 0 Å². The molecular formula is C16H28N4O2. The van der Waals surface area contributed by atoms with Crippen LogP contribution in [-0.2, 0) is 6.54 Å². The quantitative estimate of drug-likeness (QED) is 0.924. The summed E-state index contributed by atoms with van der Waals surface area (Å²) in [6.07, 6.45) is 0. The molecule has 0 unspecified atom stereocenters. The van der Waals surface area contributed by atoms with E-state index in [9.17, 15) is 4.79 Å². The van der Waals surface area contributed by atoms with Crippen LogP contribution in [0.2, 0.25) is 0 Å². The molecule has 2 heterocycles. The summed E-state index contributed by atoms with van der Waals surface area (Å²) in [7, 11) is 3.55. The maximum atomic E-state index is 12.0. The highest BCUT2D eigenvalue weighted by atomic mass is 16.5. The van der Waals surface area contributed by atoms with Crippen LogP contribution in [0.4, 0.5) is 4.79 Å². The Balaban J connectivity index is 2.05. The molecule has 1 aromatic rings. The molecule has 124 valence electrons. The van der Waals surface area contributed by atoms with Crippen molar-refractivity contribution < 1.29 is 9.32 Å². The Kier molecular flexibility index (Phi) is 5.11. The number of amides is 2. The highest BCUT2D eigenvalue weighted by molar-refractivity contribution is 5.73. The Bertz CT molecular complexity index is 505. The summed E-state index contributed by atoms with van der Waals surface area (Å²) >= 11 is 0. The van der Waals surface area contributed by atoms with Gasteiger partial charge in [0.05, 0.1) is 5.69 Å². The molecule has 6 nitrogen and oxygen atoms in total. The van der Waals surface area contributed by atoms with Crippen molar-refractivity contribution in [2.45, 2.75) is 40.3 Å². The van der Waals surface area contributed by atoms with Crippen LogP contribution in [0.15, 0.2) is 4.52 Å². The molecular weight excluding hydrogens is 280 g/mol. The minimum atomic E-state index is -0.0187. The summed E-state index contributed by atoms with van der Waals surface area (Å²) in [6.45, 7) is 11.1. The highest BCUT2D eigenvalue weighted by Gasteiger charge is 2.36. The molecule has 0 bridgehead atoms. The monoisotopic (exact) mass is 308 g/mol. The zero-order valence-corrected chi connectivity index (χ0v) is 14.5. The SMILES string of the molecule is Cc1noc(C)c1CN1C[C@@H](NC(=O)N(C)C)[C@H](C(C)C)C1. The lowest BCUT2D eigenvalue weighted by Gasteiger charge is -2.24. The molecule has 0 saturated carbocycles. The Morgan fingerprint density at radius 3 is 2.59 bits per heavy atom. The lowest BCUT2D eigenvalue weighted by Crippen LogP contribution is -2.46. The van der Waals surface area contributed by atoms with Gasteiger partial charge in [-0.05, 0) is 25.7 Å². The fourth-order valence-electron chi connectivity index (χ4n) is 3.11. The molecule has 1 N–H and O–H groups in total. The van der Waals surface area contributed by atoms with Crippen LogP contribution >= 0.6 is 0 Å². The van der Waals surface area contributed by atoms with Gasteiger partial charge in [0.25, 0.3) is 0 Å². The number of likely N-dealkylation sites (tertiary alicyclic amines) is 1. The van der Waals surface area contributed by atoms with Crippen molar-refractivity contribution in [2.24, 2.45) is 11.8 Å². The average Bonchev–Trinajstić information content (AvgIpc) is 2.97. The number of hydrogen-bond donors (Lipinski definition) is 1. The summed E-state index contributed by atoms with van der Waals surface area (Å²) in [5.41, 5.74) is 2.13. The van der Waals surface area contributed by atoms with Gasteiger partial charge in [-0.2, -0.15) is 0 Å². The van der Waals surface area contributed by atoms with Gasteiger partial charge in [0.15, 0.2) is 0 Å². The second kappa shape index (κ2) is 6.69. The number of nitrogens with zero attached hydrogens (tertiary/aromatic N) is 3. The topological polar surface area (TPSA) is 61.6 Å². The zero-order valence-electron chi connectivity index (χ0n) is 14.5. The number of aryl methyl sites for hydroxylation is 2. The second-order valence-corrected chi connectivity index (χ2v) is 6.86. The summed E-state index contributed by atoms with van der Waals surface area (Å²) in [5.74, 6) is 1.88. The number of urea groups is 1. The van der Waals surface area contributed by atoms with E-state index in [0.29, 0.717) is 11.8 Å². The van der Waals surface area contributed by atoms with E-state index in [1.54, 1.807) is 19.0 Å². The van der Waals surface area contributed by atoms with Crippen molar-refractivity contribution in [1.29, 1.82) is 0 Å². The van der Waals surface area contributed by atoms with Gasteiger partial charge in [0, 0.05) is 45.3 Å². The number of hydrogen-bond acceptors (Lipinski definition) is 4. The Morgan fingerprint density at radius 2 is 2.09 bits per heavy atom. The molecule has 1 aromatic heterocycles. The van der Waals surface area contributed by atoms with Crippen molar-refractivity contribution in [3.05, 3.63) is 17.0 Å². The average molecular weight is 308 g/mol. The third kappa shape index (κ3) is 3.61. The van der Waals surface area contributed by atoms with E-state index < -0.39 is 0 Å². The number of carbonyl (C=O) groups excluding carboxylic acids is 1. The van der Waals surface area contributed by atoms with Gasteiger partial charge in [-0.3, -0.25) is 4.90 Å². The lowest BCUT2D eigenvalue weighted by atomic mass is 9.91. The van der Waals surface area contributed by atoms with E-state index in [0.717, 1.165) is 31.1 Å². The van der Waals surface area contributed by atoms with Crippen LogP contribution in [0.5, 0.6) is 0 Å². The normalized spacial score (nSPS) is 22.3. The summed E-state index contributed by atoms with van der Waals surface area (Å²) in [4.78, 5) is 15.9. The molecule has 0 spiro atoms. The minimum Gasteiger partial charge on any atom is -0.361 e. The van der Waals surface area contributed by atoms with Crippen molar-refractivity contribution in [3.8, 4) is 0 Å². The Hall–Kier alpha value is -1.56. The molecule has 1 fully saturated rings. The van der Waals surface area contributed by atoms with Gasteiger partial charge >= 0.3 is 6.03 Å². The Morgan fingerprint density at radius 1 is 1.41 bits per heavy atom. The van der Waals surface area contributed by atoms with Crippen molar-refractivity contribution in [3.63, 3.8) is 0 Å². The first kappa shape index (κ1) is 16.8. The maximum absolute atomic E-state index is 12.0. The van der Waals surface area contributed by atoms with Gasteiger partial charge in [0.1, 0.15) is 5.76 Å². The van der Waals surface area contributed by atoms with Gasteiger partial charge in [-0.25, -0.2) is 4.79 Å². The van der Waals surface area contributed by atoms with E-state index in [1.807, 2.05) is 13.8 Å². The molecule has 1 aliphatic heterocycles. The predicted octanol–water partition coefficient (Wildman–Crippen LogP) is 2.02. The molecule has 0 aromatic carbocycles. The fraction of sp³-hybridized carbons (Fsp3) is 0.750. The molecule has 1 saturated heterocycles. The fourth-order valence-corrected chi connectivity index (χ4v) is 3.11. The number of carbonyl (C=O) groups is 1. The second-order valence-electron chi connectivity index (χ2n) is 6.86. The van der Waals surface area contributed by atoms with Crippen molar-refractivity contribution in [2.75, 3.05) is 27.2 Å². The van der Waals surface area contributed by atoms with Crippen LogP contribution in [0.1, 0.15) is 30.9 Å². The molecule has 0 radical (unpaired) electrons. The van der Waals surface area contributed by atoms with E-state index in [4.69, 9.17) is 4.52 Å². The molecule has 22 heavy (non-hydrogen) atoms. The first-order valence-electron chi connectivity index (χ1n) is 7.91. The molecule has 2 atom stereocenters. The van der Waals surface area contributed by atoms with E-state index in [-0.39, 0.29) is 12.1 Å². The van der Waals surface area contributed by atoms with Crippen LogP contribution in [0.25, 0.3) is 0 Å². The van der Waals surface area contributed by atoms with E-state index in [2.05, 4.69) is 29.2 Å². The molecule has 2 rings (SSSR count). The smallest absolute Gasteiger partial charge is 0.317 e. The first-order valence-corrected chi connectivity index (χ1v) is 7.91. The lowest BCUT2D eigenvalue weighted by molar-refractivity contribution is 0.207. The van der Waals surface area contributed by atoms with Crippen LogP contribution in [0, 0.1) is 25.7 Å². The standard InChI is InChI=1S/C16H28N4O2/c1-10(2)13-7-20(8-14-11(3)18-22-12(14)4)9-15(13)17-16(21)19(5)6/h10,13,15H,7-9H2,1-6H3,(H,17,21)/t13-,15+/m0/s1. The molecule has 6 heteroatoms. The van der Waals surface area contributed by atoms with E-state index in [1.165, 1.54) is 5.56 Å². The first-order chi connectivity index (χ1) is 10.3. The van der Waals surface area contributed by atoms with Gasteiger partial charge in [0.2, 0.25) is 0 Å².